The quantitative estimate of drug-likeness (QED) is 0.576. The van der Waals surface area contributed by atoms with E-state index >= 15 is 0 Å². The van der Waals surface area contributed by atoms with E-state index in [1.165, 1.54) is 0 Å². The van der Waals surface area contributed by atoms with Gasteiger partial charge in [0, 0.05) is 19.8 Å². The Morgan fingerprint density at radius 2 is 1.83 bits per heavy atom. The van der Waals surface area contributed by atoms with Crippen LogP contribution in [0.25, 0.3) is 0 Å². The number of hydrogen-bond acceptors (Lipinski definition) is 3. The minimum Gasteiger partial charge on any atom is -0.379 e. The van der Waals surface area contributed by atoms with Gasteiger partial charge in [0.15, 0.2) is 0 Å². The van der Waals surface area contributed by atoms with E-state index in [0.717, 1.165) is 19.8 Å². The Morgan fingerprint density at radius 1 is 1.17 bits per heavy atom. The number of ether oxygens (including phenoxy) is 2. The number of nitrogens with zero attached hydrogens (tertiary/aromatic N) is 1. The van der Waals surface area contributed by atoms with Crippen molar-refractivity contribution < 1.29 is 9.47 Å². The van der Waals surface area contributed by atoms with Crippen molar-refractivity contribution in [2.75, 3.05) is 40.5 Å². The third-order valence-corrected chi connectivity index (χ3v) is 1.48. The van der Waals surface area contributed by atoms with Gasteiger partial charge in [-0.3, -0.25) is 0 Å². The van der Waals surface area contributed by atoms with Crippen molar-refractivity contribution in [3.8, 4) is 0 Å². The van der Waals surface area contributed by atoms with Crippen LogP contribution in [-0.2, 0) is 9.47 Å². The summed E-state index contributed by atoms with van der Waals surface area (Å²) in [4.78, 5) is 2.11. The summed E-state index contributed by atoms with van der Waals surface area (Å²) >= 11 is 0. The molecule has 12 heavy (non-hydrogen) atoms. The molecule has 0 aromatic carbocycles. The Hall–Kier alpha value is -0.120. The summed E-state index contributed by atoms with van der Waals surface area (Å²) in [5.74, 6) is 0. The van der Waals surface area contributed by atoms with Crippen molar-refractivity contribution in [1.82, 2.24) is 4.90 Å². The lowest BCUT2D eigenvalue weighted by Crippen LogP contribution is -2.32. The minimum atomic E-state index is 0.213. The summed E-state index contributed by atoms with van der Waals surface area (Å²) < 4.78 is 10.8. The van der Waals surface area contributed by atoms with Crippen molar-refractivity contribution >= 4 is 0 Å². The third kappa shape index (κ3) is 6.58. The van der Waals surface area contributed by atoms with Crippen LogP contribution in [0.1, 0.15) is 13.8 Å². The first-order valence-electron chi connectivity index (χ1n) is 4.54. The molecular weight excluding hydrogens is 154 g/mol. The van der Waals surface area contributed by atoms with E-state index in [-0.39, 0.29) is 6.10 Å². The number of rotatable bonds is 7. The van der Waals surface area contributed by atoms with E-state index in [2.05, 4.69) is 4.90 Å². The molecule has 1 atom stereocenters. The molecule has 0 saturated carbocycles. The molecule has 3 nitrogen and oxygen atoms in total. The van der Waals surface area contributed by atoms with Crippen molar-refractivity contribution in [3.63, 3.8) is 0 Å². The fraction of sp³-hybridized carbons (Fsp3) is 1.00. The number of likely N-dealkylation sites (N-methyl/N-ethyl adjacent to an activating group) is 1. The summed E-state index contributed by atoms with van der Waals surface area (Å²) in [6, 6.07) is 0. The van der Waals surface area contributed by atoms with Crippen LogP contribution >= 0.6 is 0 Å². The van der Waals surface area contributed by atoms with Crippen molar-refractivity contribution in [2.24, 2.45) is 0 Å². The monoisotopic (exact) mass is 175 g/mol. The maximum atomic E-state index is 5.49. The molecule has 0 aliphatic heterocycles. The van der Waals surface area contributed by atoms with E-state index < -0.39 is 0 Å². The first kappa shape index (κ1) is 11.9. The van der Waals surface area contributed by atoms with Crippen molar-refractivity contribution in [2.45, 2.75) is 20.0 Å². The van der Waals surface area contributed by atoms with Gasteiger partial charge in [0.2, 0.25) is 0 Å². The fourth-order valence-electron chi connectivity index (χ4n) is 1.05. The Labute approximate surface area is 75.6 Å². The molecule has 0 aliphatic rings. The molecule has 0 heterocycles. The average Bonchev–Trinajstić information content (AvgIpc) is 2.00. The molecule has 0 amide bonds. The second kappa shape index (κ2) is 7.53. The first-order chi connectivity index (χ1) is 5.70. The zero-order chi connectivity index (χ0) is 9.40. The van der Waals surface area contributed by atoms with E-state index in [1.54, 1.807) is 0 Å². The van der Waals surface area contributed by atoms with Gasteiger partial charge >= 0.3 is 0 Å². The summed E-state index contributed by atoms with van der Waals surface area (Å²) in [5.41, 5.74) is 0. The average molecular weight is 175 g/mol. The van der Waals surface area contributed by atoms with E-state index in [1.807, 2.05) is 27.9 Å². The molecule has 0 radical (unpaired) electrons. The normalized spacial score (nSPS) is 13.8. The molecule has 0 aromatic heterocycles. The van der Waals surface area contributed by atoms with Gasteiger partial charge < -0.3 is 14.4 Å². The molecule has 0 aromatic rings. The summed E-state index contributed by atoms with van der Waals surface area (Å²) in [7, 11) is 4.08. The predicted octanol–water partition coefficient (Wildman–Crippen LogP) is 0.990. The van der Waals surface area contributed by atoms with Gasteiger partial charge in [-0.15, -0.1) is 0 Å². The van der Waals surface area contributed by atoms with Crippen LogP contribution in [0.4, 0.5) is 0 Å². The highest BCUT2D eigenvalue weighted by molar-refractivity contribution is 4.59. The third-order valence-electron chi connectivity index (χ3n) is 1.48. The van der Waals surface area contributed by atoms with Crippen LogP contribution in [0.3, 0.4) is 0 Å². The Balaban J connectivity index is 3.54. The molecule has 3 heteroatoms. The summed E-state index contributed by atoms with van der Waals surface area (Å²) in [6.07, 6.45) is 0.213. The highest BCUT2D eigenvalue weighted by Crippen LogP contribution is 1.95. The summed E-state index contributed by atoms with van der Waals surface area (Å²) in [5, 5.41) is 0. The van der Waals surface area contributed by atoms with Gasteiger partial charge in [-0.25, -0.2) is 0 Å². The Morgan fingerprint density at radius 3 is 2.25 bits per heavy atom. The van der Waals surface area contributed by atoms with Gasteiger partial charge in [-0.05, 0) is 27.9 Å². The van der Waals surface area contributed by atoms with Crippen LogP contribution in [-0.4, -0.2) is 51.5 Å². The molecule has 0 bridgehead atoms. The Kier molecular flexibility index (Phi) is 7.45. The van der Waals surface area contributed by atoms with Crippen LogP contribution in [0.5, 0.6) is 0 Å². The molecule has 0 spiro atoms. The topological polar surface area (TPSA) is 21.7 Å². The maximum Gasteiger partial charge on any atom is 0.0934 e. The van der Waals surface area contributed by atoms with Gasteiger partial charge in [-0.1, -0.05) is 0 Å². The maximum absolute atomic E-state index is 5.49. The predicted molar refractivity (Wildman–Crippen MR) is 50.5 cm³/mol. The van der Waals surface area contributed by atoms with Crippen LogP contribution < -0.4 is 0 Å². The lowest BCUT2D eigenvalue weighted by Gasteiger charge is -2.20. The standard InChI is InChI=1S/C9H21NO2/c1-5-11-8-9(12-6-2)7-10(3)4/h9H,5-8H2,1-4H3/t9-/m1/s1. The van der Waals surface area contributed by atoms with Crippen LogP contribution in [0.15, 0.2) is 0 Å². The van der Waals surface area contributed by atoms with E-state index in [9.17, 15) is 0 Å². The van der Waals surface area contributed by atoms with E-state index in [4.69, 9.17) is 9.47 Å². The fourth-order valence-corrected chi connectivity index (χ4v) is 1.05. The lowest BCUT2D eigenvalue weighted by molar-refractivity contribution is -0.0193. The molecule has 0 saturated heterocycles. The Bertz CT molecular complexity index is 96.5. The minimum absolute atomic E-state index is 0.213. The molecular formula is C9H21NO2. The second-order valence-corrected chi connectivity index (χ2v) is 3.00. The molecule has 0 aliphatic carbocycles. The number of hydrogen-bond donors (Lipinski definition) is 0. The molecule has 0 rings (SSSR count). The second-order valence-electron chi connectivity index (χ2n) is 3.00. The van der Waals surface area contributed by atoms with Crippen LogP contribution in [0, 0.1) is 0 Å². The molecule has 0 N–H and O–H groups in total. The van der Waals surface area contributed by atoms with Gasteiger partial charge in [-0.2, -0.15) is 0 Å². The van der Waals surface area contributed by atoms with Crippen molar-refractivity contribution in [1.29, 1.82) is 0 Å². The largest absolute Gasteiger partial charge is 0.379 e. The van der Waals surface area contributed by atoms with Crippen molar-refractivity contribution in [3.05, 3.63) is 0 Å². The lowest BCUT2D eigenvalue weighted by atomic mass is 10.3. The van der Waals surface area contributed by atoms with E-state index in [0.29, 0.717) is 6.61 Å². The van der Waals surface area contributed by atoms with Crippen LogP contribution in [0.2, 0.25) is 0 Å². The smallest absolute Gasteiger partial charge is 0.0934 e. The highest BCUT2D eigenvalue weighted by Gasteiger charge is 2.08. The molecule has 0 fully saturated rings. The zero-order valence-corrected chi connectivity index (χ0v) is 8.67. The highest BCUT2D eigenvalue weighted by atomic mass is 16.5. The molecule has 0 unspecified atom stereocenters. The first-order valence-corrected chi connectivity index (χ1v) is 4.54. The molecule has 74 valence electrons. The SMILES string of the molecule is CCOC[C@@H](CN(C)C)OCC. The van der Waals surface area contributed by atoms with Gasteiger partial charge in [0.25, 0.3) is 0 Å². The summed E-state index contributed by atoms with van der Waals surface area (Å²) in [6.45, 7) is 7.15. The van der Waals surface area contributed by atoms with Gasteiger partial charge in [0.1, 0.15) is 0 Å². The van der Waals surface area contributed by atoms with Gasteiger partial charge in [0.05, 0.1) is 12.7 Å². The zero-order valence-electron chi connectivity index (χ0n) is 8.67.